The summed E-state index contributed by atoms with van der Waals surface area (Å²) in [7, 11) is -0.799. The van der Waals surface area contributed by atoms with Crippen molar-refractivity contribution in [2.24, 2.45) is 5.73 Å². The molecule has 1 aliphatic heterocycles. The first-order valence-electron chi connectivity index (χ1n) is 6.86. The maximum atomic E-state index is 14.2. The highest BCUT2D eigenvalue weighted by molar-refractivity contribution is 7.85. The zero-order valence-corrected chi connectivity index (χ0v) is 12.5. The molecule has 1 aromatic rings. The molecule has 0 aliphatic carbocycles. The molecule has 1 unspecified atom stereocenters. The smallest absolute Gasteiger partial charge is 0.147 e. The van der Waals surface area contributed by atoms with E-state index in [-0.39, 0.29) is 18.7 Å². The van der Waals surface area contributed by atoms with Crippen molar-refractivity contribution in [3.63, 3.8) is 0 Å². The van der Waals surface area contributed by atoms with E-state index in [1.54, 1.807) is 12.1 Å². The summed E-state index contributed by atoms with van der Waals surface area (Å²) in [6, 6.07) is 4.63. The summed E-state index contributed by atoms with van der Waals surface area (Å²) in [6.45, 7) is 1.23. The first-order chi connectivity index (χ1) is 10.0. The van der Waals surface area contributed by atoms with Crippen LogP contribution >= 0.6 is 0 Å². The van der Waals surface area contributed by atoms with Gasteiger partial charge in [0.25, 0.3) is 0 Å². The lowest BCUT2D eigenvalue weighted by molar-refractivity contribution is 0.191. The van der Waals surface area contributed by atoms with Gasteiger partial charge in [-0.05, 0) is 17.7 Å². The molecule has 1 atom stereocenters. The van der Waals surface area contributed by atoms with Crippen LogP contribution in [0.5, 0.6) is 0 Å². The molecule has 4 N–H and O–H groups in total. The Morgan fingerprint density at radius 2 is 2.14 bits per heavy atom. The van der Waals surface area contributed by atoms with E-state index in [4.69, 9.17) is 11.1 Å². The molecular formula is C14H20FN3O2S. The van der Waals surface area contributed by atoms with Gasteiger partial charge in [0.05, 0.1) is 11.8 Å². The van der Waals surface area contributed by atoms with Gasteiger partial charge in [-0.3, -0.25) is 4.21 Å². The molecule has 1 saturated heterocycles. The molecule has 0 bridgehead atoms. The maximum absolute atomic E-state index is 14.2. The standard InChI is InChI=1S/C14H20FN3O2S/c15-12-7-10(13(17)8-11(19)9-16)1-2-14(12)18-3-5-21(20)6-4-18/h1-2,7,11,17,19H,3-6,8-9,16H2. The van der Waals surface area contributed by atoms with Crippen LogP contribution in [-0.2, 0) is 10.8 Å². The van der Waals surface area contributed by atoms with Crippen molar-refractivity contribution >= 4 is 22.2 Å². The Labute approximate surface area is 125 Å². The van der Waals surface area contributed by atoms with E-state index >= 15 is 0 Å². The molecule has 2 rings (SSSR count). The second-order valence-electron chi connectivity index (χ2n) is 5.07. The minimum Gasteiger partial charge on any atom is -0.391 e. The van der Waals surface area contributed by atoms with Crippen LogP contribution in [0, 0.1) is 11.2 Å². The highest BCUT2D eigenvalue weighted by atomic mass is 32.2. The van der Waals surface area contributed by atoms with E-state index in [0.29, 0.717) is 35.8 Å². The minimum absolute atomic E-state index is 0.0772. The topological polar surface area (TPSA) is 90.4 Å². The summed E-state index contributed by atoms with van der Waals surface area (Å²) in [5.41, 5.74) is 6.40. The van der Waals surface area contributed by atoms with E-state index in [1.165, 1.54) is 6.07 Å². The van der Waals surface area contributed by atoms with Gasteiger partial charge in [0.15, 0.2) is 0 Å². The molecule has 7 heteroatoms. The SMILES string of the molecule is N=C(CC(O)CN)c1ccc(N2CCS(=O)CC2)c(F)c1. The molecule has 21 heavy (non-hydrogen) atoms. The van der Waals surface area contributed by atoms with E-state index in [1.807, 2.05) is 4.90 Å². The number of anilines is 1. The third-order valence-corrected chi connectivity index (χ3v) is 4.80. The van der Waals surface area contributed by atoms with Gasteiger partial charge in [-0.15, -0.1) is 0 Å². The van der Waals surface area contributed by atoms with Crippen LogP contribution in [0.1, 0.15) is 12.0 Å². The Kier molecular flexibility index (Phi) is 5.44. The van der Waals surface area contributed by atoms with E-state index in [2.05, 4.69) is 0 Å². The predicted molar refractivity (Wildman–Crippen MR) is 83.0 cm³/mol. The fourth-order valence-electron chi connectivity index (χ4n) is 2.27. The van der Waals surface area contributed by atoms with Crippen LogP contribution in [0.25, 0.3) is 0 Å². The molecular weight excluding hydrogens is 293 g/mol. The average molecular weight is 313 g/mol. The van der Waals surface area contributed by atoms with Crippen molar-refractivity contribution in [3.05, 3.63) is 29.6 Å². The summed E-state index contributed by atoms with van der Waals surface area (Å²) >= 11 is 0. The van der Waals surface area contributed by atoms with Crippen LogP contribution in [-0.4, -0.2) is 52.3 Å². The van der Waals surface area contributed by atoms with Crippen LogP contribution in [0.3, 0.4) is 0 Å². The highest BCUT2D eigenvalue weighted by Gasteiger charge is 2.19. The lowest BCUT2D eigenvalue weighted by atomic mass is 10.0. The largest absolute Gasteiger partial charge is 0.391 e. The fraction of sp³-hybridized carbons (Fsp3) is 0.500. The number of hydrogen-bond donors (Lipinski definition) is 3. The van der Waals surface area contributed by atoms with Crippen molar-refractivity contribution in [2.45, 2.75) is 12.5 Å². The second kappa shape index (κ2) is 7.11. The summed E-state index contributed by atoms with van der Waals surface area (Å²) in [6.07, 6.45) is -0.671. The number of aliphatic hydroxyl groups excluding tert-OH is 1. The Morgan fingerprint density at radius 1 is 1.48 bits per heavy atom. The molecule has 0 saturated carbocycles. The number of hydrogen-bond acceptors (Lipinski definition) is 5. The number of nitrogens with zero attached hydrogens (tertiary/aromatic N) is 1. The average Bonchev–Trinajstić information content (AvgIpc) is 2.48. The number of benzene rings is 1. The Bertz CT molecular complexity index is 543. The number of aliphatic hydroxyl groups is 1. The first kappa shape index (κ1) is 16.1. The molecule has 0 radical (unpaired) electrons. The number of nitrogens with one attached hydrogen (secondary N) is 1. The van der Waals surface area contributed by atoms with Crippen LogP contribution in [0.4, 0.5) is 10.1 Å². The summed E-state index contributed by atoms with van der Waals surface area (Å²) in [5.74, 6) is 0.714. The molecule has 5 nitrogen and oxygen atoms in total. The van der Waals surface area contributed by atoms with Crippen molar-refractivity contribution < 1.29 is 13.7 Å². The second-order valence-corrected chi connectivity index (χ2v) is 6.77. The summed E-state index contributed by atoms with van der Waals surface area (Å²) < 4.78 is 25.5. The Morgan fingerprint density at radius 3 is 2.71 bits per heavy atom. The van der Waals surface area contributed by atoms with Crippen molar-refractivity contribution in [1.29, 1.82) is 5.41 Å². The Hall–Kier alpha value is -1.31. The molecule has 1 aliphatic rings. The predicted octanol–water partition coefficient (Wildman–Crippen LogP) is 0.472. The van der Waals surface area contributed by atoms with Crippen LogP contribution in [0.2, 0.25) is 0 Å². The third-order valence-electron chi connectivity index (χ3n) is 3.53. The minimum atomic E-state index is -0.799. The zero-order chi connectivity index (χ0) is 15.4. The third kappa shape index (κ3) is 4.09. The quantitative estimate of drug-likeness (QED) is 0.689. The van der Waals surface area contributed by atoms with Crippen LogP contribution < -0.4 is 10.6 Å². The van der Waals surface area contributed by atoms with Crippen molar-refractivity contribution in [3.8, 4) is 0 Å². The molecule has 0 aromatic heterocycles. The van der Waals surface area contributed by atoms with E-state index < -0.39 is 22.7 Å². The van der Waals surface area contributed by atoms with Gasteiger partial charge >= 0.3 is 0 Å². The monoisotopic (exact) mass is 313 g/mol. The summed E-state index contributed by atoms with van der Waals surface area (Å²) in [5, 5.41) is 17.3. The van der Waals surface area contributed by atoms with Gasteiger partial charge in [0.2, 0.25) is 0 Å². The molecule has 0 spiro atoms. The van der Waals surface area contributed by atoms with Gasteiger partial charge in [0.1, 0.15) is 5.82 Å². The summed E-state index contributed by atoms with van der Waals surface area (Å²) in [4.78, 5) is 1.87. The molecule has 116 valence electrons. The highest BCUT2D eigenvalue weighted by Crippen LogP contribution is 2.22. The number of rotatable bonds is 5. The van der Waals surface area contributed by atoms with Gasteiger partial charge in [-0.25, -0.2) is 4.39 Å². The van der Waals surface area contributed by atoms with E-state index in [9.17, 15) is 13.7 Å². The van der Waals surface area contributed by atoms with Gasteiger partial charge in [-0.1, -0.05) is 6.07 Å². The molecule has 1 aromatic carbocycles. The fourth-order valence-corrected chi connectivity index (χ4v) is 3.32. The van der Waals surface area contributed by atoms with Gasteiger partial charge in [-0.2, -0.15) is 0 Å². The van der Waals surface area contributed by atoms with E-state index in [0.717, 1.165) is 0 Å². The number of halogens is 1. The lowest BCUT2D eigenvalue weighted by Gasteiger charge is -2.28. The molecule has 1 heterocycles. The maximum Gasteiger partial charge on any atom is 0.147 e. The molecule has 0 amide bonds. The zero-order valence-electron chi connectivity index (χ0n) is 11.7. The van der Waals surface area contributed by atoms with Crippen molar-refractivity contribution in [1.82, 2.24) is 0 Å². The Balaban J connectivity index is 2.10. The van der Waals surface area contributed by atoms with Crippen molar-refractivity contribution in [2.75, 3.05) is 36.0 Å². The molecule has 1 fully saturated rings. The number of nitrogens with two attached hydrogens (primary N) is 1. The first-order valence-corrected chi connectivity index (χ1v) is 8.35. The van der Waals surface area contributed by atoms with Gasteiger partial charge < -0.3 is 21.1 Å². The lowest BCUT2D eigenvalue weighted by Crippen LogP contribution is -2.38. The van der Waals surface area contributed by atoms with Crippen LogP contribution in [0.15, 0.2) is 18.2 Å². The van der Waals surface area contributed by atoms with Gasteiger partial charge in [0, 0.05) is 54.1 Å². The normalized spacial score (nSPS) is 17.8.